The van der Waals surface area contributed by atoms with Crippen LogP contribution in [0.25, 0.3) is 0 Å². The van der Waals surface area contributed by atoms with E-state index in [4.69, 9.17) is 5.73 Å². The first-order valence-corrected chi connectivity index (χ1v) is 7.86. The van der Waals surface area contributed by atoms with Gasteiger partial charge in [0.25, 0.3) is 0 Å². The first-order chi connectivity index (χ1) is 8.49. The van der Waals surface area contributed by atoms with Crippen molar-refractivity contribution in [2.24, 2.45) is 0 Å². The Bertz CT molecular complexity index is 520. The van der Waals surface area contributed by atoms with Crippen LogP contribution in [0, 0.1) is 6.92 Å². The van der Waals surface area contributed by atoms with Crippen LogP contribution in [0.2, 0.25) is 0 Å². The first-order valence-electron chi connectivity index (χ1n) is 6.37. The van der Waals surface area contributed by atoms with Crippen molar-refractivity contribution in [2.45, 2.75) is 50.0 Å². The molecule has 0 aliphatic heterocycles. The summed E-state index contributed by atoms with van der Waals surface area (Å²) >= 11 is 0. The van der Waals surface area contributed by atoms with Gasteiger partial charge in [0.05, 0.1) is 4.90 Å². The molecular weight excluding hydrogens is 248 g/mol. The number of sulfonamides is 1. The van der Waals surface area contributed by atoms with Crippen LogP contribution in [0.4, 0.5) is 5.69 Å². The number of nitrogens with two attached hydrogens (primary N) is 1. The molecule has 0 spiro atoms. The zero-order valence-electron chi connectivity index (χ0n) is 10.6. The Morgan fingerprint density at radius 2 is 1.89 bits per heavy atom. The molecule has 0 aromatic heterocycles. The standard InChI is InChI=1S/C13H20N2O2S/c1-10-7-8-11(14)9-13(10)18(16,17)15-12-5-3-2-4-6-12/h7-9,12,15H,2-6,14H2,1H3. The van der Waals surface area contributed by atoms with E-state index in [1.165, 1.54) is 12.5 Å². The summed E-state index contributed by atoms with van der Waals surface area (Å²) in [7, 11) is -3.44. The van der Waals surface area contributed by atoms with Gasteiger partial charge in [-0.25, -0.2) is 13.1 Å². The lowest BCUT2D eigenvalue weighted by Gasteiger charge is -2.23. The zero-order chi connectivity index (χ0) is 13.2. The van der Waals surface area contributed by atoms with Gasteiger partial charge in [-0.05, 0) is 37.5 Å². The molecule has 3 N–H and O–H groups in total. The Hall–Kier alpha value is -1.07. The number of nitrogens with one attached hydrogen (secondary N) is 1. The molecule has 4 nitrogen and oxygen atoms in total. The molecule has 1 aromatic rings. The Morgan fingerprint density at radius 3 is 2.56 bits per heavy atom. The number of hydrogen-bond acceptors (Lipinski definition) is 3. The number of rotatable bonds is 3. The second-order valence-electron chi connectivity index (χ2n) is 4.98. The van der Waals surface area contributed by atoms with E-state index < -0.39 is 10.0 Å². The average molecular weight is 268 g/mol. The largest absolute Gasteiger partial charge is 0.399 e. The maximum Gasteiger partial charge on any atom is 0.241 e. The van der Waals surface area contributed by atoms with Gasteiger partial charge in [-0.15, -0.1) is 0 Å². The van der Waals surface area contributed by atoms with E-state index in [0.29, 0.717) is 10.6 Å². The summed E-state index contributed by atoms with van der Waals surface area (Å²) in [5.41, 5.74) is 6.87. The highest BCUT2D eigenvalue weighted by molar-refractivity contribution is 7.89. The van der Waals surface area contributed by atoms with Crippen LogP contribution in [0.1, 0.15) is 37.7 Å². The van der Waals surface area contributed by atoms with Crippen LogP contribution in [-0.2, 0) is 10.0 Å². The van der Waals surface area contributed by atoms with E-state index in [9.17, 15) is 8.42 Å². The van der Waals surface area contributed by atoms with Crippen LogP contribution in [0.3, 0.4) is 0 Å². The van der Waals surface area contributed by atoms with Gasteiger partial charge in [-0.2, -0.15) is 0 Å². The van der Waals surface area contributed by atoms with E-state index in [2.05, 4.69) is 4.72 Å². The molecule has 1 aliphatic rings. The van der Waals surface area contributed by atoms with Crippen LogP contribution in [0.15, 0.2) is 23.1 Å². The lowest BCUT2D eigenvalue weighted by molar-refractivity contribution is 0.412. The lowest BCUT2D eigenvalue weighted by Crippen LogP contribution is -2.36. The van der Waals surface area contributed by atoms with E-state index in [-0.39, 0.29) is 6.04 Å². The van der Waals surface area contributed by atoms with Crippen molar-refractivity contribution in [1.29, 1.82) is 0 Å². The van der Waals surface area contributed by atoms with Gasteiger partial charge in [0.1, 0.15) is 0 Å². The zero-order valence-corrected chi connectivity index (χ0v) is 11.5. The maximum absolute atomic E-state index is 12.3. The highest BCUT2D eigenvalue weighted by Gasteiger charge is 2.23. The maximum atomic E-state index is 12.3. The minimum atomic E-state index is -3.44. The number of anilines is 1. The van der Waals surface area contributed by atoms with Crippen molar-refractivity contribution in [3.63, 3.8) is 0 Å². The summed E-state index contributed by atoms with van der Waals surface area (Å²) in [6.07, 6.45) is 5.27. The molecule has 1 aliphatic carbocycles. The molecule has 2 rings (SSSR count). The number of aryl methyl sites for hydroxylation is 1. The minimum Gasteiger partial charge on any atom is -0.399 e. The molecule has 0 unspecified atom stereocenters. The summed E-state index contributed by atoms with van der Waals surface area (Å²) in [6, 6.07) is 5.06. The summed E-state index contributed by atoms with van der Waals surface area (Å²) in [4.78, 5) is 0.299. The quantitative estimate of drug-likeness (QED) is 0.825. The predicted molar refractivity (Wildman–Crippen MR) is 72.8 cm³/mol. The van der Waals surface area contributed by atoms with Gasteiger partial charge in [0.2, 0.25) is 10.0 Å². The van der Waals surface area contributed by atoms with E-state index in [0.717, 1.165) is 31.2 Å². The highest BCUT2D eigenvalue weighted by atomic mass is 32.2. The van der Waals surface area contributed by atoms with E-state index in [1.807, 2.05) is 0 Å². The summed E-state index contributed by atoms with van der Waals surface area (Å²) in [6.45, 7) is 1.79. The van der Waals surface area contributed by atoms with Gasteiger partial charge in [-0.3, -0.25) is 0 Å². The molecule has 0 amide bonds. The molecule has 5 heteroatoms. The van der Waals surface area contributed by atoms with Crippen molar-refractivity contribution in [3.8, 4) is 0 Å². The van der Waals surface area contributed by atoms with E-state index >= 15 is 0 Å². The predicted octanol–water partition coefficient (Wildman–Crippen LogP) is 2.19. The molecule has 18 heavy (non-hydrogen) atoms. The fourth-order valence-corrected chi connectivity index (χ4v) is 3.99. The monoisotopic (exact) mass is 268 g/mol. The van der Waals surface area contributed by atoms with Crippen LogP contribution in [0.5, 0.6) is 0 Å². The molecule has 0 saturated heterocycles. The molecule has 0 radical (unpaired) electrons. The summed E-state index contributed by atoms with van der Waals surface area (Å²) in [5, 5.41) is 0. The second-order valence-corrected chi connectivity index (χ2v) is 6.66. The smallest absolute Gasteiger partial charge is 0.241 e. The second kappa shape index (κ2) is 5.28. The van der Waals surface area contributed by atoms with Gasteiger partial charge in [0, 0.05) is 11.7 Å². The Labute approximate surface area is 109 Å². The lowest BCUT2D eigenvalue weighted by atomic mass is 9.96. The molecule has 0 atom stereocenters. The Kier molecular flexibility index (Phi) is 3.92. The fourth-order valence-electron chi connectivity index (χ4n) is 2.41. The van der Waals surface area contributed by atoms with Crippen LogP contribution < -0.4 is 10.5 Å². The fraction of sp³-hybridized carbons (Fsp3) is 0.538. The molecule has 1 fully saturated rings. The van der Waals surface area contributed by atoms with Crippen molar-refractivity contribution in [2.75, 3.05) is 5.73 Å². The van der Waals surface area contributed by atoms with Gasteiger partial charge in [0.15, 0.2) is 0 Å². The molecule has 1 saturated carbocycles. The van der Waals surface area contributed by atoms with Crippen molar-refractivity contribution in [3.05, 3.63) is 23.8 Å². The summed E-state index contributed by atoms with van der Waals surface area (Å²) < 4.78 is 27.4. The van der Waals surface area contributed by atoms with Crippen molar-refractivity contribution < 1.29 is 8.42 Å². The highest BCUT2D eigenvalue weighted by Crippen LogP contribution is 2.22. The van der Waals surface area contributed by atoms with Crippen LogP contribution >= 0.6 is 0 Å². The van der Waals surface area contributed by atoms with Crippen LogP contribution in [-0.4, -0.2) is 14.5 Å². The molecule has 100 valence electrons. The van der Waals surface area contributed by atoms with Crippen molar-refractivity contribution in [1.82, 2.24) is 4.72 Å². The Balaban J connectivity index is 2.21. The number of benzene rings is 1. The third kappa shape index (κ3) is 3.03. The molecule has 1 aromatic carbocycles. The average Bonchev–Trinajstić information content (AvgIpc) is 2.33. The minimum absolute atomic E-state index is 0.0737. The van der Waals surface area contributed by atoms with Gasteiger partial charge in [-0.1, -0.05) is 25.3 Å². The number of nitrogen functional groups attached to an aromatic ring is 1. The third-order valence-corrected chi connectivity index (χ3v) is 5.09. The van der Waals surface area contributed by atoms with Crippen molar-refractivity contribution >= 4 is 15.7 Å². The molecule has 0 heterocycles. The topological polar surface area (TPSA) is 72.2 Å². The summed E-state index contributed by atoms with van der Waals surface area (Å²) in [5.74, 6) is 0. The molecular formula is C13H20N2O2S. The first kappa shape index (κ1) is 13.4. The van der Waals surface area contributed by atoms with E-state index in [1.54, 1.807) is 19.1 Å². The number of hydrogen-bond donors (Lipinski definition) is 2. The normalized spacial score (nSPS) is 17.8. The Morgan fingerprint density at radius 1 is 1.22 bits per heavy atom. The van der Waals surface area contributed by atoms with Gasteiger partial charge < -0.3 is 5.73 Å². The van der Waals surface area contributed by atoms with Gasteiger partial charge >= 0.3 is 0 Å². The molecule has 0 bridgehead atoms. The third-order valence-electron chi connectivity index (χ3n) is 3.43. The SMILES string of the molecule is Cc1ccc(N)cc1S(=O)(=O)NC1CCCCC1.